The molecule has 231 valence electrons. The maximum Gasteiger partial charge on any atom is 0.322 e. The lowest BCUT2D eigenvalue weighted by Gasteiger charge is -2.37. The number of hydrogen-bond donors (Lipinski definition) is 2. The molecule has 3 rings (SSSR count). The summed E-state index contributed by atoms with van der Waals surface area (Å²) in [6.45, 7) is 6.47. The number of carbonyl (C=O) groups is 2. The number of ether oxygens (including phenoxy) is 1. The first-order valence-corrected chi connectivity index (χ1v) is 16.0. The Hall–Kier alpha value is -2.90. The van der Waals surface area contributed by atoms with E-state index < -0.39 is 29.5 Å². The third-order valence-electron chi connectivity index (χ3n) is 8.91. The van der Waals surface area contributed by atoms with E-state index in [1.807, 2.05) is 38.1 Å². The number of aliphatic carboxylic acids is 1. The lowest BCUT2D eigenvalue weighted by Crippen LogP contribution is -2.44. The number of rotatable bonds is 19. The molecule has 2 aromatic carbocycles. The van der Waals surface area contributed by atoms with Crippen molar-refractivity contribution in [2.45, 2.75) is 122 Å². The molecule has 1 aliphatic rings. The van der Waals surface area contributed by atoms with Gasteiger partial charge in [-0.15, -0.1) is 10.3 Å². The molecule has 1 radical (unpaired) electrons. The highest BCUT2D eigenvalue weighted by molar-refractivity contribution is 5.95. The predicted molar refractivity (Wildman–Crippen MR) is 166 cm³/mol. The Morgan fingerprint density at radius 1 is 0.762 bits per heavy atom. The lowest BCUT2D eigenvalue weighted by molar-refractivity contribution is -0.260. The van der Waals surface area contributed by atoms with E-state index >= 15 is 0 Å². The standard InChI is InChI=1S/C35H51N2O5/c1-4-5-6-7-8-9-10-11-12-13-14-15-26-42-31-22-20-30(21-23-31)35(3)25-24-34(2,37(35)41)29-18-16-28(17-19-29)33(40)36-27-32(38)39/h16-23H,4-15,24-27H2,1-3H3,(H,36,40)(H,38,39)/t34-,35-/m1/s1. The number of carbonyl (C=O) groups excluding carboxylic acids is 1. The van der Waals surface area contributed by atoms with E-state index in [2.05, 4.69) is 12.2 Å². The number of nitrogens with zero attached hydrogens (tertiary/aromatic N) is 1. The number of carboxylic acid groups (broad SMARTS) is 1. The SMILES string of the molecule is CCCCCCCCCCCCCCOc1ccc([C@@]2(C)CC[C@](C)(c3ccc(C(=O)NCC(=O)O)cc3)N2[O])cc1. The van der Waals surface area contributed by atoms with Crippen LogP contribution >= 0.6 is 0 Å². The summed E-state index contributed by atoms with van der Waals surface area (Å²) in [6, 6.07) is 14.8. The smallest absolute Gasteiger partial charge is 0.322 e. The first-order chi connectivity index (χ1) is 20.2. The van der Waals surface area contributed by atoms with Gasteiger partial charge in [0.15, 0.2) is 0 Å². The molecule has 2 aromatic rings. The largest absolute Gasteiger partial charge is 0.494 e. The second-order valence-electron chi connectivity index (χ2n) is 12.3. The van der Waals surface area contributed by atoms with Gasteiger partial charge in [0.25, 0.3) is 5.91 Å². The minimum atomic E-state index is -1.10. The van der Waals surface area contributed by atoms with Crippen molar-refractivity contribution in [1.82, 2.24) is 10.4 Å². The maximum absolute atomic E-state index is 13.8. The second kappa shape index (κ2) is 16.7. The van der Waals surface area contributed by atoms with E-state index in [9.17, 15) is 14.8 Å². The number of benzene rings is 2. The molecular weight excluding hydrogens is 528 g/mol. The molecule has 0 aliphatic carbocycles. The van der Waals surface area contributed by atoms with Crippen molar-refractivity contribution in [3.8, 4) is 5.75 Å². The average Bonchev–Trinajstić information content (AvgIpc) is 3.24. The van der Waals surface area contributed by atoms with Crippen LogP contribution in [0.25, 0.3) is 0 Å². The molecule has 0 spiro atoms. The second-order valence-corrected chi connectivity index (χ2v) is 12.3. The fourth-order valence-electron chi connectivity index (χ4n) is 6.04. The molecule has 0 saturated carbocycles. The van der Waals surface area contributed by atoms with E-state index in [1.165, 1.54) is 75.7 Å². The van der Waals surface area contributed by atoms with Crippen molar-refractivity contribution in [2.75, 3.05) is 13.2 Å². The zero-order valence-electron chi connectivity index (χ0n) is 26.0. The van der Waals surface area contributed by atoms with Gasteiger partial charge in [-0.25, -0.2) is 0 Å². The van der Waals surface area contributed by atoms with Gasteiger partial charge in [0.1, 0.15) is 12.3 Å². The van der Waals surface area contributed by atoms with E-state index in [1.54, 1.807) is 24.3 Å². The van der Waals surface area contributed by atoms with E-state index in [4.69, 9.17) is 9.84 Å². The third-order valence-corrected chi connectivity index (χ3v) is 8.91. The normalized spacial score (nSPS) is 20.5. The molecule has 0 unspecified atom stereocenters. The first-order valence-electron chi connectivity index (χ1n) is 16.0. The van der Waals surface area contributed by atoms with Gasteiger partial charge in [0, 0.05) is 5.56 Å². The van der Waals surface area contributed by atoms with Gasteiger partial charge in [-0.2, -0.15) is 0 Å². The van der Waals surface area contributed by atoms with Crippen LogP contribution in [0.2, 0.25) is 0 Å². The summed E-state index contributed by atoms with van der Waals surface area (Å²) < 4.78 is 5.99. The summed E-state index contributed by atoms with van der Waals surface area (Å²) in [5.41, 5.74) is 0.734. The molecule has 1 aliphatic heterocycles. The van der Waals surface area contributed by atoms with Crippen LogP contribution in [0, 0.1) is 0 Å². The number of nitrogens with one attached hydrogen (secondary N) is 1. The highest BCUT2D eigenvalue weighted by Gasteiger charge is 2.52. The molecule has 1 amide bonds. The van der Waals surface area contributed by atoms with Crippen LogP contribution in [-0.2, 0) is 21.1 Å². The molecule has 7 nitrogen and oxygen atoms in total. The van der Waals surface area contributed by atoms with Crippen molar-refractivity contribution in [1.29, 1.82) is 0 Å². The van der Waals surface area contributed by atoms with Gasteiger partial charge in [-0.1, -0.05) is 102 Å². The van der Waals surface area contributed by atoms with Gasteiger partial charge in [0.05, 0.1) is 17.7 Å². The molecule has 1 fully saturated rings. The van der Waals surface area contributed by atoms with Crippen molar-refractivity contribution >= 4 is 11.9 Å². The summed E-state index contributed by atoms with van der Waals surface area (Å²) in [5.74, 6) is -0.718. The Morgan fingerprint density at radius 2 is 1.21 bits per heavy atom. The zero-order valence-corrected chi connectivity index (χ0v) is 26.0. The van der Waals surface area contributed by atoms with Crippen molar-refractivity contribution in [2.24, 2.45) is 0 Å². The number of carboxylic acids is 1. The van der Waals surface area contributed by atoms with Gasteiger partial charge in [0.2, 0.25) is 0 Å². The number of unbranched alkanes of at least 4 members (excludes halogenated alkanes) is 11. The third kappa shape index (κ3) is 9.30. The maximum atomic E-state index is 13.8. The van der Waals surface area contributed by atoms with Crippen LogP contribution in [0.4, 0.5) is 0 Å². The molecule has 42 heavy (non-hydrogen) atoms. The van der Waals surface area contributed by atoms with Crippen LogP contribution in [0.1, 0.15) is 132 Å². The zero-order chi connectivity index (χ0) is 30.4. The topological polar surface area (TPSA) is 98.8 Å². The Kier molecular flexibility index (Phi) is 13.3. The molecule has 2 atom stereocenters. The van der Waals surface area contributed by atoms with E-state index in [-0.39, 0.29) is 0 Å². The summed E-state index contributed by atoms with van der Waals surface area (Å²) >= 11 is 0. The fourth-order valence-corrected chi connectivity index (χ4v) is 6.04. The number of amides is 1. The summed E-state index contributed by atoms with van der Waals surface area (Å²) in [5, 5.41) is 26.1. The first kappa shape index (κ1) is 33.6. The Morgan fingerprint density at radius 3 is 1.69 bits per heavy atom. The van der Waals surface area contributed by atoms with Gasteiger partial charge in [-0.05, 0) is 68.5 Å². The predicted octanol–water partition coefficient (Wildman–Crippen LogP) is 8.15. The van der Waals surface area contributed by atoms with Crippen LogP contribution in [-0.4, -0.2) is 35.2 Å². The molecule has 1 heterocycles. The highest BCUT2D eigenvalue weighted by Crippen LogP contribution is 2.51. The van der Waals surface area contributed by atoms with E-state index in [0.29, 0.717) is 25.0 Å². The summed E-state index contributed by atoms with van der Waals surface area (Å²) in [4.78, 5) is 22.9. The Bertz CT molecular complexity index is 1100. The monoisotopic (exact) mass is 579 g/mol. The van der Waals surface area contributed by atoms with Crippen molar-refractivity contribution in [3.63, 3.8) is 0 Å². The minimum absolute atomic E-state index is 0.362. The van der Waals surface area contributed by atoms with Crippen LogP contribution in [0.5, 0.6) is 5.75 Å². The summed E-state index contributed by atoms with van der Waals surface area (Å²) in [7, 11) is 0. The van der Waals surface area contributed by atoms with Gasteiger partial charge in [-0.3, -0.25) is 9.59 Å². The summed E-state index contributed by atoms with van der Waals surface area (Å²) in [6.07, 6.45) is 17.2. The van der Waals surface area contributed by atoms with Gasteiger partial charge >= 0.3 is 5.97 Å². The molecule has 0 bridgehead atoms. The van der Waals surface area contributed by atoms with Crippen LogP contribution in [0.3, 0.4) is 0 Å². The number of hydrogen-bond acceptors (Lipinski definition) is 4. The Balaban J connectivity index is 1.41. The van der Waals surface area contributed by atoms with Gasteiger partial charge < -0.3 is 15.2 Å². The molecule has 0 aromatic heterocycles. The minimum Gasteiger partial charge on any atom is -0.494 e. The van der Waals surface area contributed by atoms with E-state index in [0.717, 1.165) is 23.3 Å². The number of hydroxylamine groups is 2. The molecular formula is C35H51N2O5. The Labute approximate surface area is 252 Å². The van der Waals surface area contributed by atoms with Crippen LogP contribution in [0.15, 0.2) is 48.5 Å². The lowest BCUT2D eigenvalue weighted by atomic mass is 9.89. The molecule has 1 saturated heterocycles. The average molecular weight is 580 g/mol. The molecule has 7 heteroatoms. The van der Waals surface area contributed by atoms with Crippen molar-refractivity contribution < 1.29 is 24.6 Å². The van der Waals surface area contributed by atoms with Crippen molar-refractivity contribution in [3.05, 3.63) is 65.2 Å². The quantitative estimate of drug-likeness (QED) is 0.164. The van der Waals surface area contributed by atoms with Crippen LogP contribution < -0.4 is 10.1 Å². The highest BCUT2D eigenvalue weighted by atomic mass is 16.5. The molecule has 2 N–H and O–H groups in total. The fraction of sp³-hybridized carbons (Fsp3) is 0.600.